The Bertz CT molecular complexity index is 680. The maximum absolute atomic E-state index is 12.2. The number of nitrogens with zero attached hydrogens (tertiary/aromatic N) is 3. The van der Waals surface area contributed by atoms with E-state index in [4.69, 9.17) is 10.00 Å². The lowest BCUT2D eigenvalue weighted by Crippen LogP contribution is -2.58. The third-order valence-electron chi connectivity index (χ3n) is 4.39. The van der Waals surface area contributed by atoms with Crippen LogP contribution in [0.3, 0.4) is 0 Å². The number of hydrogen-bond acceptors (Lipinski definition) is 4. The molecule has 0 spiro atoms. The summed E-state index contributed by atoms with van der Waals surface area (Å²) in [6.07, 6.45) is 1.78. The second-order valence-electron chi connectivity index (χ2n) is 6.19. The lowest BCUT2D eigenvalue weighted by Gasteiger charge is -2.42. The Morgan fingerprint density at radius 2 is 1.88 bits per heavy atom. The van der Waals surface area contributed by atoms with E-state index >= 15 is 0 Å². The van der Waals surface area contributed by atoms with Crippen LogP contribution in [0.15, 0.2) is 36.9 Å². The second-order valence-corrected chi connectivity index (χ2v) is 6.19. The third-order valence-corrected chi connectivity index (χ3v) is 4.39. The summed E-state index contributed by atoms with van der Waals surface area (Å²) in [7, 11) is 0. The predicted molar refractivity (Wildman–Crippen MR) is 87.0 cm³/mol. The van der Waals surface area contributed by atoms with E-state index in [1.54, 1.807) is 34.1 Å². The molecule has 0 unspecified atom stereocenters. The lowest BCUT2D eigenvalue weighted by atomic mass is 9.94. The highest BCUT2D eigenvalue weighted by Gasteiger charge is 2.36. The molecule has 2 amide bonds. The Hall–Kier alpha value is -2.81. The molecule has 24 heavy (non-hydrogen) atoms. The van der Waals surface area contributed by atoms with Crippen LogP contribution in [0.2, 0.25) is 0 Å². The van der Waals surface area contributed by atoms with Gasteiger partial charge in [0.05, 0.1) is 24.7 Å². The van der Waals surface area contributed by atoms with Crippen molar-refractivity contribution in [1.29, 1.82) is 5.26 Å². The van der Waals surface area contributed by atoms with Crippen molar-refractivity contribution in [3.8, 4) is 11.8 Å². The molecule has 0 atom stereocenters. The van der Waals surface area contributed by atoms with Crippen LogP contribution in [-0.4, -0.2) is 53.9 Å². The number of amides is 2. The smallest absolute Gasteiger partial charge is 0.245 e. The molecule has 1 aromatic rings. The maximum Gasteiger partial charge on any atom is 0.245 e. The fourth-order valence-corrected chi connectivity index (χ4v) is 2.90. The third kappa shape index (κ3) is 3.40. The van der Waals surface area contributed by atoms with Gasteiger partial charge >= 0.3 is 0 Å². The van der Waals surface area contributed by atoms with E-state index in [9.17, 15) is 9.59 Å². The van der Waals surface area contributed by atoms with E-state index in [2.05, 4.69) is 12.6 Å². The number of hydrogen-bond donors (Lipinski definition) is 0. The van der Waals surface area contributed by atoms with Gasteiger partial charge in [-0.1, -0.05) is 6.58 Å². The molecule has 0 bridgehead atoms. The largest absolute Gasteiger partial charge is 0.487 e. The molecular formula is C18H19N3O3. The molecule has 3 rings (SSSR count). The number of likely N-dealkylation sites (tertiary alicyclic amines) is 2. The number of benzene rings is 1. The summed E-state index contributed by atoms with van der Waals surface area (Å²) in [5.41, 5.74) is 0.595. The van der Waals surface area contributed by atoms with Crippen molar-refractivity contribution >= 4 is 11.8 Å². The van der Waals surface area contributed by atoms with E-state index in [1.165, 1.54) is 6.08 Å². The zero-order chi connectivity index (χ0) is 17.1. The van der Waals surface area contributed by atoms with Gasteiger partial charge in [-0.2, -0.15) is 5.26 Å². The standard InChI is InChI=1S/C18H19N3O3/c1-2-17(22)20-9-14(10-20)7-18(23)21-11-16(12-21)24-15-5-3-13(8-19)4-6-15/h2-6,14,16H,1,7,9-12H2. The fourth-order valence-electron chi connectivity index (χ4n) is 2.90. The van der Waals surface area contributed by atoms with Crippen LogP contribution in [0, 0.1) is 17.2 Å². The average Bonchev–Trinajstić information content (AvgIpc) is 2.53. The number of ether oxygens (including phenoxy) is 1. The van der Waals surface area contributed by atoms with E-state index in [1.807, 2.05) is 0 Å². The van der Waals surface area contributed by atoms with Crippen molar-refractivity contribution in [2.75, 3.05) is 26.2 Å². The van der Waals surface area contributed by atoms with Crippen molar-refractivity contribution in [2.24, 2.45) is 5.92 Å². The molecule has 0 radical (unpaired) electrons. The van der Waals surface area contributed by atoms with E-state index in [0.717, 1.165) is 0 Å². The normalized spacial score (nSPS) is 17.5. The maximum atomic E-state index is 12.2. The van der Waals surface area contributed by atoms with Crippen molar-refractivity contribution in [2.45, 2.75) is 12.5 Å². The Labute approximate surface area is 140 Å². The molecule has 2 aliphatic heterocycles. The summed E-state index contributed by atoms with van der Waals surface area (Å²) in [5, 5.41) is 8.76. The van der Waals surface area contributed by atoms with Crippen molar-refractivity contribution in [3.63, 3.8) is 0 Å². The van der Waals surface area contributed by atoms with Gasteiger partial charge in [0.2, 0.25) is 11.8 Å². The quantitative estimate of drug-likeness (QED) is 0.762. The summed E-state index contributed by atoms with van der Waals surface area (Å²) in [6.45, 7) is 5.89. The van der Waals surface area contributed by atoms with Crippen LogP contribution >= 0.6 is 0 Å². The molecule has 6 heteroatoms. The average molecular weight is 325 g/mol. The van der Waals surface area contributed by atoms with E-state index in [-0.39, 0.29) is 23.8 Å². The van der Waals surface area contributed by atoms with Crippen LogP contribution in [0.5, 0.6) is 5.75 Å². The summed E-state index contributed by atoms with van der Waals surface area (Å²) in [4.78, 5) is 27.0. The van der Waals surface area contributed by atoms with Gasteiger partial charge < -0.3 is 14.5 Å². The van der Waals surface area contributed by atoms with Crippen molar-refractivity contribution < 1.29 is 14.3 Å². The fraction of sp³-hybridized carbons (Fsp3) is 0.389. The van der Waals surface area contributed by atoms with Gasteiger partial charge in [-0.15, -0.1) is 0 Å². The minimum atomic E-state index is -0.0708. The lowest BCUT2D eigenvalue weighted by molar-refractivity contribution is -0.145. The summed E-state index contributed by atoms with van der Waals surface area (Å²) in [6, 6.07) is 9.02. The SMILES string of the molecule is C=CC(=O)N1CC(CC(=O)N2CC(Oc3ccc(C#N)cc3)C2)C1. The van der Waals surface area contributed by atoms with Gasteiger partial charge in [0, 0.05) is 25.4 Å². The van der Waals surface area contributed by atoms with Crippen LogP contribution in [0.1, 0.15) is 12.0 Å². The first-order valence-electron chi connectivity index (χ1n) is 7.95. The number of carbonyl (C=O) groups excluding carboxylic acids is 2. The molecular weight excluding hydrogens is 306 g/mol. The molecule has 6 nitrogen and oxygen atoms in total. The van der Waals surface area contributed by atoms with Crippen molar-refractivity contribution in [1.82, 2.24) is 9.80 Å². The van der Waals surface area contributed by atoms with Crippen LogP contribution < -0.4 is 4.74 Å². The predicted octanol–water partition coefficient (Wildman–Crippen LogP) is 1.18. The summed E-state index contributed by atoms with van der Waals surface area (Å²) in [5.74, 6) is 1.01. The molecule has 0 saturated carbocycles. The topological polar surface area (TPSA) is 73.6 Å². The summed E-state index contributed by atoms with van der Waals surface area (Å²) >= 11 is 0. The summed E-state index contributed by atoms with van der Waals surface area (Å²) < 4.78 is 5.77. The Morgan fingerprint density at radius 3 is 2.46 bits per heavy atom. The van der Waals surface area contributed by atoms with E-state index in [0.29, 0.717) is 43.9 Å². The highest BCUT2D eigenvalue weighted by atomic mass is 16.5. The minimum absolute atomic E-state index is 0.00196. The van der Waals surface area contributed by atoms with Gasteiger partial charge in [0.15, 0.2) is 0 Å². The Balaban J connectivity index is 1.37. The van der Waals surface area contributed by atoms with Gasteiger partial charge in [-0.3, -0.25) is 9.59 Å². The zero-order valence-corrected chi connectivity index (χ0v) is 13.4. The minimum Gasteiger partial charge on any atom is -0.487 e. The first kappa shape index (κ1) is 16.1. The molecule has 2 saturated heterocycles. The van der Waals surface area contributed by atoms with Gasteiger partial charge in [0.25, 0.3) is 0 Å². The molecule has 2 aliphatic rings. The molecule has 0 aromatic heterocycles. The number of rotatable bonds is 5. The first-order chi connectivity index (χ1) is 11.6. The van der Waals surface area contributed by atoms with Crippen LogP contribution in [0.4, 0.5) is 0 Å². The van der Waals surface area contributed by atoms with Gasteiger partial charge in [0.1, 0.15) is 11.9 Å². The zero-order valence-electron chi connectivity index (χ0n) is 13.4. The Morgan fingerprint density at radius 1 is 1.21 bits per heavy atom. The molecule has 0 N–H and O–H groups in total. The van der Waals surface area contributed by atoms with E-state index < -0.39 is 0 Å². The highest BCUT2D eigenvalue weighted by molar-refractivity contribution is 5.88. The first-order valence-corrected chi connectivity index (χ1v) is 7.95. The highest BCUT2D eigenvalue weighted by Crippen LogP contribution is 2.23. The molecule has 1 aromatic carbocycles. The second kappa shape index (κ2) is 6.75. The Kier molecular flexibility index (Phi) is 4.52. The van der Waals surface area contributed by atoms with Gasteiger partial charge in [-0.25, -0.2) is 0 Å². The number of carbonyl (C=O) groups is 2. The molecule has 124 valence electrons. The molecule has 0 aliphatic carbocycles. The monoisotopic (exact) mass is 325 g/mol. The van der Waals surface area contributed by atoms with Gasteiger partial charge in [-0.05, 0) is 30.3 Å². The van der Waals surface area contributed by atoms with Crippen LogP contribution in [0.25, 0.3) is 0 Å². The number of nitriles is 1. The molecule has 2 heterocycles. The van der Waals surface area contributed by atoms with Crippen molar-refractivity contribution in [3.05, 3.63) is 42.5 Å². The molecule has 2 fully saturated rings. The van der Waals surface area contributed by atoms with Crippen LogP contribution in [-0.2, 0) is 9.59 Å².